The summed E-state index contributed by atoms with van der Waals surface area (Å²) in [7, 11) is 0. The van der Waals surface area contributed by atoms with Crippen molar-refractivity contribution in [2.24, 2.45) is 0 Å². The van der Waals surface area contributed by atoms with Crippen molar-refractivity contribution in [3.63, 3.8) is 0 Å². The summed E-state index contributed by atoms with van der Waals surface area (Å²) < 4.78 is 26.9. The first-order valence-electron chi connectivity index (χ1n) is 8.16. The number of imidazole rings is 1. The number of nitrogens with one attached hydrogen (secondary N) is 2. The fourth-order valence-corrected chi connectivity index (χ4v) is 3.82. The van der Waals surface area contributed by atoms with Gasteiger partial charge in [-0.25, -0.2) is 9.97 Å². The minimum absolute atomic E-state index is 0.0760. The van der Waals surface area contributed by atoms with Gasteiger partial charge in [0, 0.05) is 29.4 Å². The summed E-state index contributed by atoms with van der Waals surface area (Å²) in [6.07, 6.45) is 2.46. The molecule has 0 atom stereocenters. The molecular formula is C18H13F2N5O2S. The van der Waals surface area contributed by atoms with E-state index in [-0.39, 0.29) is 16.5 Å². The van der Waals surface area contributed by atoms with Gasteiger partial charge in [-0.05, 0) is 13.0 Å². The third-order valence-electron chi connectivity index (χ3n) is 4.09. The zero-order valence-corrected chi connectivity index (χ0v) is 15.3. The highest BCUT2D eigenvalue weighted by Crippen LogP contribution is 2.33. The van der Waals surface area contributed by atoms with Crippen LogP contribution in [0.1, 0.15) is 22.6 Å². The number of fused-ring (bicyclic) bond motifs is 1. The van der Waals surface area contributed by atoms with E-state index in [9.17, 15) is 18.4 Å². The minimum Gasteiger partial charge on any atom is -0.322 e. The SMILES string of the molecule is Cc1nc(NC(=O)c2cc(=O)[nH]c3ccccc23)sc1-c1nccn1C(F)F. The molecule has 0 aliphatic carbocycles. The average molecular weight is 401 g/mol. The van der Waals surface area contributed by atoms with Crippen LogP contribution in [0.25, 0.3) is 21.6 Å². The van der Waals surface area contributed by atoms with Gasteiger partial charge in [0.05, 0.1) is 16.1 Å². The van der Waals surface area contributed by atoms with Crippen molar-refractivity contribution in [1.82, 2.24) is 19.5 Å². The minimum atomic E-state index is -2.74. The number of hydrogen-bond donors (Lipinski definition) is 2. The number of alkyl halides is 2. The lowest BCUT2D eigenvalue weighted by atomic mass is 10.1. The molecule has 0 fully saturated rings. The number of carbonyl (C=O) groups excluding carboxylic acids is 1. The third kappa shape index (κ3) is 3.18. The maximum Gasteiger partial charge on any atom is 0.320 e. The number of nitrogens with zero attached hydrogens (tertiary/aromatic N) is 3. The van der Waals surface area contributed by atoms with Gasteiger partial charge in [-0.2, -0.15) is 8.78 Å². The topological polar surface area (TPSA) is 92.7 Å². The third-order valence-corrected chi connectivity index (χ3v) is 5.16. The fourth-order valence-electron chi connectivity index (χ4n) is 2.86. The molecule has 1 amide bonds. The summed E-state index contributed by atoms with van der Waals surface area (Å²) in [6.45, 7) is -1.09. The lowest BCUT2D eigenvalue weighted by molar-refractivity contribution is 0.0720. The largest absolute Gasteiger partial charge is 0.322 e. The summed E-state index contributed by atoms with van der Waals surface area (Å²) in [5.74, 6) is -0.438. The first-order chi connectivity index (χ1) is 13.4. The molecule has 3 heterocycles. The number of pyridine rings is 1. The molecule has 0 saturated carbocycles. The summed E-state index contributed by atoms with van der Waals surface area (Å²) in [5, 5.41) is 3.45. The van der Waals surface area contributed by atoms with Crippen LogP contribution in [0, 0.1) is 6.92 Å². The second kappa shape index (κ2) is 6.97. The van der Waals surface area contributed by atoms with Crippen LogP contribution in [-0.2, 0) is 0 Å². The fraction of sp³-hybridized carbons (Fsp3) is 0.111. The van der Waals surface area contributed by atoms with Crippen molar-refractivity contribution in [3.05, 3.63) is 64.3 Å². The highest BCUT2D eigenvalue weighted by atomic mass is 32.1. The molecule has 0 unspecified atom stereocenters. The smallest absolute Gasteiger partial charge is 0.320 e. The van der Waals surface area contributed by atoms with Gasteiger partial charge in [-0.3, -0.25) is 19.5 Å². The molecule has 4 rings (SSSR count). The Morgan fingerprint density at radius 3 is 2.89 bits per heavy atom. The van der Waals surface area contributed by atoms with E-state index in [2.05, 4.69) is 20.3 Å². The Kier molecular flexibility index (Phi) is 4.47. The van der Waals surface area contributed by atoms with E-state index in [0.29, 0.717) is 21.5 Å². The molecule has 0 spiro atoms. The number of H-pyrrole nitrogens is 1. The van der Waals surface area contributed by atoms with Crippen molar-refractivity contribution in [1.29, 1.82) is 0 Å². The second-order valence-corrected chi connectivity index (χ2v) is 6.92. The molecule has 3 aromatic heterocycles. The number of rotatable bonds is 4. The number of benzene rings is 1. The number of halogens is 2. The van der Waals surface area contributed by atoms with Crippen molar-refractivity contribution in [2.45, 2.75) is 13.5 Å². The predicted molar refractivity (Wildman–Crippen MR) is 102 cm³/mol. The molecule has 142 valence electrons. The summed E-state index contributed by atoms with van der Waals surface area (Å²) >= 11 is 1.04. The first-order valence-corrected chi connectivity index (χ1v) is 8.98. The van der Waals surface area contributed by atoms with Gasteiger partial charge in [0.1, 0.15) is 0 Å². The van der Waals surface area contributed by atoms with E-state index in [4.69, 9.17) is 0 Å². The molecule has 0 aliphatic rings. The van der Waals surface area contributed by atoms with E-state index in [1.165, 1.54) is 18.5 Å². The Labute approximate surface area is 160 Å². The Hall–Kier alpha value is -3.40. The zero-order valence-electron chi connectivity index (χ0n) is 14.4. The highest BCUT2D eigenvalue weighted by molar-refractivity contribution is 7.19. The summed E-state index contributed by atoms with van der Waals surface area (Å²) in [5.41, 5.74) is 0.793. The van der Waals surface area contributed by atoms with E-state index in [1.54, 1.807) is 31.2 Å². The van der Waals surface area contributed by atoms with Gasteiger partial charge in [-0.15, -0.1) is 0 Å². The van der Waals surface area contributed by atoms with Gasteiger partial charge in [-0.1, -0.05) is 29.5 Å². The first kappa shape index (κ1) is 18.0. The van der Waals surface area contributed by atoms with Crippen LogP contribution in [0.3, 0.4) is 0 Å². The molecule has 28 heavy (non-hydrogen) atoms. The number of aromatic amines is 1. The van der Waals surface area contributed by atoms with Gasteiger partial charge in [0.2, 0.25) is 5.56 Å². The number of aromatic nitrogens is 4. The number of aryl methyl sites for hydroxylation is 1. The molecule has 0 saturated heterocycles. The van der Waals surface area contributed by atoms with E-state index >= 15 is 0 Å². The van der Waals surface area contributed by atoms with Crippen LogP contribution in [0.4, 0.5) is 13.9 Å². The van der Waals surface area contributed by atoms with E-state index in [1.807, 2.05) is 0 Å². The Morgan fingerprint density at radius 2 is 2.11 bits per heavy atom. The molecule has 0 radical (unpaired) electrons. The van der Waals surface area contributed by atoms with Crippen molar-refractivity contribution in [2.75, 3.05) is 5.32 Å². The standard InChI is InChI=1S/C18H13F2N5O2S/c1-9-14(15-21-6-7-25(15)17(19)20)28-18(22-9)24-16(27)11-8-13(26)23-12-5-3-2-4-10(11)12/h2-8,17H,1H3,(H,23,26)(H,22,24,27). The number of thiazole rings is 1. The Balaban J connectivity index is 1.69. The molecule has 4 aromatic rings. The molecule has 7 nitrogen and oxygen atoms in total. The molecule has 10 heteroatoms. The normalized spacial score (nSPS) is 11.3. The number of amides is 1. The van der Waals surface area contributed by atoms with Crippen LogP contribution < -0.4 is 10.9 Å². The number of anilines is 1. The maximum atomic E-state index is 13.1. The van der Waals surface area contributed by atoms with Gasteiger partial charge < -0.3 is 4.98 Å². The lowest BCUT2D eigenvalue weighted by Crippen LogP contribution is -2.16. The van der Waals surface area contributed by atoms with Crippen LogP contribution in [0.2, 0.25) is 0 Å². The van der Waals surface area contributed by atoms with Gasteiger partial charge in [0.15, 0.2) is 11.0 Å². The van der Waals surface area contributed by atoms with Crippen molar-refractivity contribution in [3.8, 4) is 10.7 Å². The highest BCUT2D eigenvalue weighted by Gasteiger charge is 2.20. The summed E-state index contributed by atoms with van der Waals surface area (Å²) in [6, 6.07) is 8.14. The number of para-hydroxylation sites is 1. The van der Waals surface area contributed by atoms with Crippen molar-refractivity contribution >= 4 is 33.3 Å². The van der Waals surface area contributed by atoms with E-state index in [0.717, 1.165) is 15.9 Å². The Morgan fingerprint density at radius 1 is 1.32 bits per heavy atom. The maximum absolute atomic E-state index is 13.1. The van der Waals surface area contributed by atoms with Crippen LogP contribution >= 0.6 is 11.3 Å². The lowest BCUT2D eigenvalue weighted by Gasteiger charge is -2.05. The summed E-state index contributed by atoms with van der Waals surface area (Å²) in [4.78, 5) is 35.9. The van der Waals surface area contributed by atoms with Gasteiger partial charge >= 0.3 is 6.55 Å². The van der Waals surface area contributed by atoms with Crippen LogP contribution in [0.5, 0.6) is 0 Å². The molecular weight excluding hydrogens is 388 g/mol. The number of carbonyl (C=O) groups is 1. The van der Waals surface area contributed by atoms with E-state index < -0.39 is 18.0 Å². The quantitative estimate of drug-likeness (QED) is 0.544. The molecule has 0 aliphatic heterocycles. The van der Waals surface area contributed by atoms with Gasteiger partial charge in [0.25, 0.3) is 5.91 Å². The average Bonchev–Trinajstić information content (AvgIpc) is 3.27. The molecule has 0 bridgehead atoms. The van der Waals surface area contributed by atoms with Crippen molar-refractivity contribution < 1.29 is 13.6 Å². The number of hydrogen-bond acceptors (Lipinski definition) is 5. The molecule has 1 aromatic carbocycles. The molecule has 2 N–H and O–H groups in total. The van der Waals surface area contributed by atoms with Crippen LogP contribution in [0.15, 0.2) is 47.5 Å². The monoisotopic (exact) mass is 401 g/mol. The predicted octanol–water partition coefficient (Wildman–Crippen LogP) is 3.80. The zero-order chi connectivity index (χ0) is 19.8. The van der Waals surface area contributed by atoms with Crippen LogP contribution in [-0.4, -0.2) is 25.4 Å². The Bertz CT molecular complexity index is 1240. The second-order valence-electron chi connectivity index (χ2n) is 5.92.